The number of cyclic esters (lactones) is 1. The third-order valence-corrected chi connectivity index (χ3v) is 11.6. The number of imide groups is 1. The topological polar surface area (TPSA) is 206 Å². The number of ether oxygens (including phenoxy) is 1. The van der Waals surface area contributed by atoms with Gasteiger partial charge in [-0.1, -0.05) is 32.9 Å². The molecule has 8 rings (SSSR count). The van der Waals surface area contributed by atoms with E-state index < -0.39 is 53.2 Å². The number of hydrogen-bond donors (Lipinski definition) is 4. The molecule has 3 atom stereocenters. The molecule has 298 valence electrons. The maximum atomic E-state index is 13.8. The summed E-state index contributed by atoms with van der Waals surface area (Å²) in [5.41, 5.74) is 4.49. The first-order chi connectivity index (χ1) is 27.7. The van der Waals surface area contributed by atoms with Crippen LogP contribution >= 0.6 is 0 Å². The van der Waals surface area contributed by atoms with E-state index in [9.17, 15) is 38.7 Å². The molecule has 4 aromatic rings. The third-order valence-electron chi connectivity index (χ3n) is 11.6. The van der Waals surface area contributed by atoms with Crippen LogP contribution in [0.5, 0.6) is 0 Å². The van der Waals surface area contributed by atoms with E-state index in [2.05, 4.69) is 16.0 Å². The van der Waals surface area contributed by atoms with E-state index in [0.29, 0.717) is 40.3 Å². The van der Waals surface area contributed by atoms with Crippen molar-refractivity contribution in [1.29, 1.82) is 0 Å². The number of aliphatic hydroxyl groups is 1. The van der Waals surface area contributed by atoms with Gasteiger partial charge in [0.15, 0.2) is 5.60 Å². The van der Waals surface area contributed by atoms with Crippen molar-refractivity contribution in [1.82, 2.24) is 20.2 Å². The Kier molecular flexibility index (Phi) is 9.58. The number of hydrogen-bond acceptors (Lipinski definition) is 10. The molecular formula is C43H42N6O9. The van der Waals surface area contributed by atoms with Crippen LogP contribution in [0, 0.1) is 5.92 Å². The smallest absolute Gasteiger partial charge is 0.343 e. The Labute approximate surface area is 332 Å². The van der Waals surface area contributed by atoms with E-state index in [1.165, 1.54) is 12.2 Å². The van der Waals surface area contributed by atoms with Crippen LogP contribution in [0.2, 0.25) is 0 Å². The van der Waals surface area contributed by atoms with Gasteiger partial charge in [0.2, 0.25) is 17.7 Å². The van der Waals surface area contributed by atoms with Crippen LogP contribution in [-0.2, 0) is 71.5 Å². The van der Waals surface area contributed by atoms with Gasteiger partial charge in [0, 0.05) is 34.4 Å². The molecule has 0 fully saturated rings. The molecule has 4 N–H and O–H groups in total. The van der Waals surface area contributed by atoms with Gasteiger partial charge >= 0.3 is 5.97 Å². The van der Waals surface area contributed by atoms with E-state index in [-0.39, 0.29) is 48.6 Å². The summed E-state index contributed by atoms with van der Waals surface area (Å²) in [6, 6.07) is 9.82. The Balaban J connectivity index is 0.968. The highest BCUT2D eigenvalue weighted by Gasteiger charge is 2.45. The minimum absolute atomic E-state index is 0.0471. The van der Waals surface area contributed by atoms with Crippen molar-refractivity contribution >= 4 is 57.8 Å². The minimum Gasteiger partial charge on any atom is -0.458 e. The standard InChI is InChI=1S/C43H42N6O9/c1-5-43(57)29-18-32-38-27(19-48(32)41(55)28(29)20-58-42(43)56)25-7-6-8-26-30(13-14-31(45-38)36(25)26)46-39(53)22(4)44-40(54)37(21(2)3)47-33(50)17-23-9-11-24(12-10-23)49-34(51)15-16-35(49)52/h9-16,18,21-22,37,57H,5-8,17,19-20H2,1-4H3,(H,44,54)(H,46,53)(H,47,50)/t22?,37-,43-/m0/s1. The number of aryl methyl sites for hydroxylation is 2. The monoisotopic (exact) mass is 786 g/mol. The number of rotatable bonds is 10. The normalized spacial score (nSPS) is 18.7. The Hall–Kier alpha value is -6.48. The van der Waals surface area contributed by atoms with E-state index in [4.69, 9.17) is 9.72 Å². The van der Waals surface area contributed by atoms with Crippen molar-refractivity contribution in [3.05, 3.63) is 98.4 Å². The van der Waals surface area contributed by atoms with Crippen LogP contribution in [0.3, 0.4) is 0 Å². The van der Waals surface area contributed by atoms with Gasteiger partial charge in [-0.3, -0.25) is 28.8 Å². The van der Waals surface area contributed by atoms with Crippen molar-refractivity contribution in [3.8, 4) is 11.4 Å². The molecule has 15 nitrogen and oxygen atoms in total. The molecule has 5 amide bonds. The molecule has 1 aliphatic carbocycles. The Morgan fingerprint density at radius 1 is 0.897 bits per heavy atom. The number of fused-ring (bicyclic) bond motifs is 5. The molecule has 2 aromatic carbocycles. The van der Waals surface area contributed by atoms with E-state index >= 15 is 0 Å². The molecule has 0 saturated carbocycles. The van der Waals surface area contributed by atoms with E-state index in [1.807, 2.05) is 6.07 Å². The summed E-state index contributed by atoms with van der Waals surface area (Å²) in [6.07, 6.45) is 4.56. The number of benzene rings is 2. The summed E-state index contributed by atoms with van der Waals surface area (Å²) in [6.45, 7) is 6.86. The highest BCUT2D eigenvalue weighted by Crippen LogP contribution is 2.43. The molecular weight excluding hydrogens is 745 g/mol. The van der Waals surface area contributed by atoms with Gasteiger partial charge in [-0.2, -0.15) is 0 Å². The number of pyridine rings is 2. The first-order valence-electron chi connectivity index (χ1n) is 19.4. The van der Waals surface area contributed by atoms with Crippen LogP contribution in [0.1, 0.15) is 73.9 Å². The second-order valence-electron chi connectivity index (χ2n) is 15.6. The van der Waals surface area contributed by atoms with Crippen LogP contribution in [-0.4, -0.2) is 62.2 Å². The van der Waals surface area contributed by atoms with Crippen molar-refractivity contribution in [2.75, 3.05) is 10.2 Å². The molecule has 1 unspecified atom stereocenters. The van der Waals surface area contributed by atoms with Crippen LogP contribution in [0.4, 0.5) is 11.4 Å². The first kappa shape index (κ1) is 38.4. The first-order valence-corrected chi connectivity index (χ1v) is 19.4. The van der Waals surface area contributed by atoms with Gasteiger partial charge in [-0.05, 0) is 85.5 Å². The zero-order valence-electron chi connectivity index (χ0n) is 32.4. The second kappa shape index (κ2) is 14.5. The highest BCUT2D eigenvalue weighted by molar-refractivity contribution is 6.28. The van der Waals surface area contributed by atoms with Gasteiger partial charge in [0.1, 0.15) is 18.7 Å². The zero-order chi connectivity index (χ0) is 41.2. The predicted molar refractivity (Wildman–Crippen MR) is 211 cm³/mol. The predicted octanol–water partition coefficient (Wildman–Crippen LogP) is 2.82. The summed E-state index contributed by atoms with van der Waals surface area (Å²) < 4.78 is 6.83. The number of nitrogens with one attached hydrogen (secondary N) is 3. The maximum Gasteiger partial charge on any atom is 0.343 e. The zero-order valence-corrected chi connectivity index (χ0v) is 32.4. The number of anilines is 2. The fourth-order valence-electron chi connectivity index (χ4n) is 8.41. The summed E-state index contributed by atoms with van der Waals surface area (Å²) in [7, 11) is 0. The quantitative estimate of drug-likeness (QED) is 0.120. The lowest BCUT2D eigenvalue weighted by atomic mass is 9.85. The number of carbonyl (C=O) groups excluding carboxylic acids is 6. The second-order valence-corrected chi connectivity index (χ2v) is 15.6. The lowest BCUT2D eigenvalue weighted by molar-refractivity contribution is -0.172. The van der Waals surface area contributed by atoms with Crippen LogP contribution in [0.15, 0.2) is 59.4 Å². The average molecular weight is 787 g/mol. The number of esters is 1. The molecule has 4 aliphatic rings. The van der Waals surface area contributed by atoms with Crippen LogP contribution < -0.4 is 26.4 Å². The van der Waals surface area contributed by atoms with Gasteiger partial charge in [0.05, 0.1) is 41.1 Å². The average Bonchev–Trinajstić information content (AvgIpc) is 3.75. The Morgan fingerprint density at radius 2 is 1.60 bits per heavy atom. The fourth-order valence-corrected chi connectivity index (χ4v) is 8.41. The van der Waals surface area contributed by atoms with E-state index in [0.717, 1.165) is 39.8 Å². The molecule has 15 heteroatoms. The molecule has 5 heterocycles. The summed E-state index contributed by atoms with van der Waals surface area (Å²) in [5, 5.41) is 20.7. The Bertz CT molecular complexity index is 2560. The molecule has 0 bridgehead atoms. The van der Waals surface area contributed by atoms with Crippen molar-refractivity contribution < 1.29 is 38.6 Å². The molecule has 0 saturated heterocycles. The van der Waals surface area contributed by atoms with Crippen molar-refractivity contribution in [2.24, 2.45) is 5.92 Å². The van der Waals surface area contributed by atoms with E-state index in [1.54, 1.807) is 68.7 Å². The maximum absolute atomic E-state index is 13.8. The molecule has 3 aliphatic heterocycles. The summed E-state index contributed by atoms with van der Waals surface area (Å²) >= 11 is 0. The summed E-state index contributed by atoms with van der Waals surface area (Å²) in [5.74, 6) is -3.36. The molecule has 0 spiro atoms. The molecule has 0 radical (unpaired) electrons. The lowest BCUT2D eigenvalue weighted by Gasteiger charge is -2.31. The van der Waals surface area contributed by atoms with Gasteiger partial charge in [-0.15, -0.1) is 0 Å². The van der Waals surface area contributed by atoms with Gasteiger partial charge in [-0.25, -0.2) is 14.7 Å². The highest BCUT2D eigenvalue weighted by atomic mass is 16.6. The number of carbonyl (C=O) groups is 6. The number of nitrogens with zero attached hydrogens (tertiary/aromatic N) is 3. The Morgan fingerprint density at radius 3 is 2.29 bits per heavy atom. The van der Waals surface area contributed by atoms with Gasteiger partial charge in [0.25, 0.3) is 17.4 Å². The third kappa shape index (κ3) is 6.35. The number of aromatic nitrogens is 2. The molecule has 2 aromatic heterocycles. The van der Waals surface area contributed by atoms with Crippen molar-refractivity contribution in [2.45, 2.75) is 90.6 Å². The SMILES string of the molecule is CC[C@@]1(O)C(=O)OCc2c1cc1n(c2=O)Cc2c-1nc1ccc(NC(=O)C(C)NC(=O)[C@@H](NC(=O)Cc3ccc(N4C(=O)C=CC4=O)cc3)C(C)C)c3c1c2CCC3. The van der Waals surface area contributed by atoms with Crippen molar-refractivity contribution in [3.63, 3.8) is 0 Å². The largest absolute Gasteiger partial charge is 0.458 e. The molecule has 58 heavy (non-hydrogen) atoms. The lowest BCUT2D eigenvalue weighted by Crippen LogP contribution is -2.54. The fraction of sp³-hybridized carbons (Fsp3) is 0.349. The number of amides is 5. The summed E-state index contributed by atoms with van der Waals surface area (Å²) in [4.78, 5) is 96.5. The van der Waals surface area contributed by atoms with Crippen LogP contribution in [0.25, 0.3) is 22.3 Å². The minimum atomic E-state index is -1.92. The van der Waals surface area contributed by atoms with Gasteiger partial charge < -0.3 is 30.4 Å².